The van der Waals surface area contributed by atoms with Crippen molar-refractivity contribution in [2.24, 2.45) is 0 Å². The molecule has 2 heterocycles. The number of likely N-dealkylation sites (tertiary alicyclic amines) is 1. The summed E-state index contributed by atoms with van der Waals surface area (Å²) in [4.78, 5) is 25.5. The van der Waals surface area contributed by atoms with Crippen LogP contribution in [0.15, 0.2) is 60.9 Å². The lowest BCUT2D eigenvalue weighted by Gasteiger charge is -2.47. The van der Waals surface area contributed by atoms with E-state index >= 15 is 0 Å². The monoisotopic (exact) mass is 576 g/mol. The molecule has 1 amide bonds. The number of benzene rings is 2. The number of piperidine rings is 1. The minimum absolute atomic E-state index is 0.0313. The van der Waals surface area contributed by atoms with Gasteiger partial charge in [-0.05, 0) is 62.4 Å². The molecule has 1 aliphatic heterocycles. The van der Waals surface area contributed by atoms with Gasteiger partial charge in [0.1, 0.15) is 0 Å². The molecule has 0 radical (unpaired) electrons. The molecule has 1 N–H and O–H groups in total. The molecule has 3 atom stereocenters. The van der Waals surface area contributed by atoms with E-state index in [9.17, 15) is 23.1 Å². The highest BCUT2D eigenvalue weighted by Gasteiger charge is 2.42. The first kappa shape index (κ1) is 29.5. The van der Waals surface area contributed by atoms with Crippen LogP contribution in [0.3, 0.4) is 0 Å². The SMILES string of the molecule is CC[C@@H]1C[C@H](N(Cc2cc(Cl)cc(C(F)(F)F)c2)c2ncc(O)cn2)CC(c2ccccc2)N1C(=O)OC(C)C. The van der Waals surface area contributed by atoms with Crippen LogP contribution in [0.4, 0.5) is 23.9 Å². The fraction of sp³-hybridized carbons (Fsp3) is 0.414. The van der Waals surface area contributed by atoms with Crippen LogP contribution >= 0.6 is 11.6 Å². The normalized spacial score (nSPS) is 19.5. The summed E-state index contributed by atoms with van der Waals surface area (Å²) < 4.78 is 46.4. The summed E-state index contributed by atoms with van der Waals surface area (Å²) in [5.41, 5.74) is 0.406. The van der Waals surface area contributed by atoms with E-state index in [1.54, 1.807) is 18.7 Å². The fourth-order valence-electron chi connectivity index (χ4n) is 5.21. The zero-order chi connectivity index (χ0) is 29.0. The summed E-state index contributed by atoms with van der Waals surface area (Å²) >= 11 is 6.10. The third kappa shape index (κ3) is 6.96. The van der Waals surface area contributed by atoms with Crippen molar-refractivity contribution in [3.63, 3.8) is 0 Å². The highest BCUT2D eigenvalue weighted by molar-refractivity contribution is 6.30. The Morgan fingerprint density at radius 2 is 1.82 bits per heavy atom. The van der Waals surface area contributed by atoms with Crippen molar-refractivity contribution in [2.45, 2.75) is 77.0 Å². The van der Waals surface area contributed by atoms with Gasteiger partial charge in [0, 0.05) is 23.7 Å². The number of hydrogen-bond acceptors (Lipinski definition) is 6. The molecule has 1 aromatic heterocycles. The molecule has 4 rings (SSSR count). The fourth-order valence-corrected chi connectivity index (χ4v) is 5.46. The third-order valence-electron chi connectivity index (χ3n) is 6.93. The van der Waals surface area contributed by atoms with E-state index in [1.165, 1.54) is 18.5 Å². The van der Waals surface area contributed by atoms with Crippen LogP contribution in [0.5, 0.6) is 5.75 Å². The second-order valence-corrected chi connectivity index (χ2v) is 10.6. The number of nitrogens with zero attached hydrogens (tertiary/aromatic N) is 4. The first-order valence-electron chi connectivity index (χ1n) is 13.1. The number of anilines is 1. The van der Waals surface area contributed by atoms with Crippen molar-refractivity contribution < 1.29 is 27.8 Å². The predicted octanol–water partition coefficient (Wildman–Crippen LogP) is 7.39. The van der Waals surface area contributed by atoms with Crippen molar-refractivity contribution in [3.8, 4) is 5.75 Å². The second kappa shape index (κ2) is 12.3. The van der Waals surface area contributed by atoms with Crippen LogP contribution in [0.1, 0.15) is 62.8 Å². The van der Waals surface area contributed by atoms with E-state index in [-0.39, 0.29) is 47.5 Å². The molecule has 1 unspecified atom stereocenters. The van der Waals surface area contributed by atoms with E-state index in [1.807, 2.05) is 42.2 Å². The summed E-state index contributed by atoms with van der Waals surface area (Å²) in [6.07, 6.45) is -1.20. The average Bonchev–Trinajstić information content (AvgIpc) is 2.91. The van der Waals surface area contributed by atoms with E-state index in [0.717, 1.165) is 17.7 Å². The molecule has 0 saturated carbocycles. The lowest BCUT2D eigenvalue weighted by molar-refractivity contribution is -0.137. The number of carbonyl (C=O) groups is 1. The topological polar surface area (TPSA) is 78.8 Å². The van der Waals surface area contributed by atoms with Crippen molar-refractivity contribution in [3.05, 3.63) is 82.6 Å². The van der Waals surface area contributed by atoms with Gasteiger partial charge in [0.2, 0.25) is 5.95 Å². The van der Waals surface area contributed by atoms with Gasteiger partial charge in [-0.3, -0.25) is 4.90 Å². The minimum Gasteiger partial charge on any atom is -0.505 e. The number of halogens is 4. The molecule has 1 aliphatic rings. The standard InChI is InChI=1S/C29H32ClF3N4O3/c1-4-23-13-24(14-26(20-8-6-5-7-9-20)37(23)28(39)40-18(2)3)36(27-34-15-25(38)16-35-27)17-19-10-21(29(31,32)33)12-22(30)11-19/h5-12,15-16,18,23-24,26,38H,4,13-14,17H2,1-3H3/t23-,24+,26?/m1/s1. The highest BCUT2D eigenvalue weighted by Crippen LogP contribution is 2.40. The van der Waals surface area contributed by atoms with Crippen molar-refractivity contribution in [1.29, 1.82) is 0 Å². The van der Waals surface area contributed by atoms with Gasteiger partial charge in [-0.2, -0.15) is 13.2 Å². The number of alkyl halides is 3. The first-order chi connectivity index (χ1) is 19.0. The number of ether oxygens (including phenoxy) is 1. The van der Waals surface area contributed by atoms with Crippen LogP contribution in [0.2, 0.25) is 5.02 Å². The molecule has 0 aliphatic carbocycles. The Bertz CT molecular complexity index is 1290. The zero-order valence-corrected chi connectivity index (χ0v) is 23.2. The summed E-state index contributed by atoms with van der Waals surface area (Å²) in [7, 11) is 0. The van der Waals surface area contributed by atoms with Gasteiger partial charge < -0.3 is 14.7 Å². The number of carbonyl (C=O) groups excluding carboxylic acids is 1. The molecule has 214 valence electrons. The molecule has 1 fully saturated rings. The highest BCUT2D eigenvalue weighted by atomic mass is 35.5. The molecular formula is C29H32ClF3N4O3. The Morgan fingerprint density at radius 3 is 2.42 bits per heavy atom. The summed E-state index contributed by atoms with van der Waals surface area (Å²) in [6.45, 7) is 5.62. The van der Waals surface area contributed by atoms with Gasteiger partial charge in [-0.15, -0.1) is 0 Å². The van der Waals surface area contributed by atoms with Crippen molar-refractivity contribution in [1.82, 2.24) is 14.9 Å². The lowest BCUT2D eigenvalue weighted by atomic mass is 9.85. The average molecular weight is 577 g/mol. The number of amides is 1. The van der Waals surface area contributed by atoms with E-state index in [4.69, 9.17) is 16.3 Å². The Balaban J connectivity index is 1.76. The molecule has 7 nitrogen and oxygen atoms in total. The maximum atomic E-state index is 13.6. The van der Waals surface area contributed by atoms with Crippen molar-refractivity contribution >= 4 is 23.6 Å². The van der Waals surface area contributed by atoms with Crippen LogP contribution in [-0.2, 0) is 17.5 Å². The molecule has 2 aromatic carbocycles. The molecule has 0 spiro atoms. The molecule has 0 bridgehead atoms. The summed E-state index contributed by atoms with van der Waals surface area (Å²) in [5.74, 6) is 0.113. The molecule has 1 saturated heterocycles. The number of rotatable bonds is 7. The van der Waals surface area contributed by atoms with Gasteiger partial charge in [-0.25, -0.2) is 14.8 Å². The predicted molar refractivity (Wildman–Crippen MR) is 146 cm³/mol. The second-order valence-electron chi connectivity index (χ2n) is 10.2. The number of aromatic hydroxyl groups is 1. The Morgan fingerprint density at radius 1 is 1.15 bits per heavy atom. The maximum absolute atomic E-state index is 13.6. The summed E-state index contributed by atoms with van der Waals surface area (Å²) in [6, 6.07) is 12.2. The van der Waals surface area contributed by atoms with Gasteiger partial charge >= 0.3 is 12.3 Å². The molecule has 3 aromatic rings. The first-order valence-corrected chi connectivity index (χ1v) is 13.5. The van der Waals surface area contributed by atoms with Crippen LogP contribution in [0, 0.1) is 0 Å². The Hall–Kier alpha value is -3.53. The largest absolute Gasteiger partial charge is 0.505 e. The van der Waals surface area contributed by atoms with Crippen LogP contribution in [0.25, 0.3) is 0 Å². The van der Waals surface area contributed by atoms with E-state index in [2.05, 4.69) is 9.97 Å². The van der Waals surface area contributed by atoms with Gasteiger partial charge in [0.15, 0.2) is 5.75 Å². The Kier molecular flexibility index (Phi) is 9.08. The quantitative estimate of drug-likeness (QED) is 0.316. The van der Waals surface area contributed by atoms with Gasteiger partial charge in [0.05, 0.1) is 30.1 Å². The molecule has 11 heteroatoms. The minimum atomic E-state index is -4.56. The van der Waals surface area contributed by atoms with Gasteiger partial charge in [0.25, 0.3) is 0 Å². The van der Waals surface area contributed by atoms with Crippen molar-refractivity contribution in [2.75, 3.05) is 4.90 Å². The lowest BCUT2D eigenvalue weighted by Crippen LogP contribution is -2.54. The smallest absolute Gasteiger partial charge is 0.416 e. The molecular weight excluding hydrogens is 545 g/mol. The maximum Gasteiger partial charge on any atom is 0.416 e. The Labute approximate surface area is 236 Å². The zero-order valence-electron chi connectivity index (χ0n) is 22.5. The number of aromatic nitrogens is 2. The van der Waals surface area contributed by atoms with Crippen LogP contribution in [-0.4, -0.2) is 44.3 Å². The van der Waals surface area contributed by atoms with Gasteiger partial charge in [-0.1, -0.05) is 48.9 Å². The third-order valence-corrected chi connectivity index (χ3v) is 7.15. The van der Waals surface area contributed by atoms with Crippen LogP contribution < -0.4 is 4.90 Å². The molecule has 40 heavy (non-hydrogen) atoms. The van der Waals surface area contributed by atoms with E-state index in [0.29, 0.717) is 24.8 Å². The number of hydrogen-bond donors (Lipinski definition) is 1. The summed E-state index contributed by atoms with van der Waals surface area (Å²) in [5, 5.41) is 9.76. The van der Waals surface area contributed by atoms with E-state index < -0.39 is 17.8 Å².